The molecule has 0 aliphatic rings. The van der Waals surface area contributed by atoms with Gasteiger partial charge >= 0.3 is 0 Å². The van der Waals surface area contributed by atoms with Gasteiger partial charge in [-0.25, -0.2) is 0 Å². The summed E-state index contributed by atoms with van der Waals surface area (Å²) in [6.45, 7) is 14.0. The van der Waals surface area contributed by atoms with Crippen LogP contribution in [0.5, 0.6) is 0 Å². The Bertz CT molecular complexity index is 363. The van der Waals surface area contributed by atoms with Gasteiger partial charge in [0.2, 0.25) is 0 Å². The van der Waals surface area contributed by atoms with Crippen molar-refractivity contribution in [2.45, 2.75) is 45.8 Å². The molecule has 0 saturated heterocycles. The van der Waals surface area contributed by atoms with Crippen molar-refractivity contribution in [3.63, 3.8) is 0 Å². The van der Waals surface area contributed by atoms with E-state index >= 15 is 0 Å². The average Bonchev–Trinajstić information content (AvgIpc) is 2.15. The number of hydrogen-bond donors (Lipinski definition) is 0. The minimum atomic E-state index is -1.28. The summed E-state index contributed by atoms with van der Waals surface area (Å²) in [4.78, 5) is 0. The van der Waals surface area contributed by atoms with Crippen molar-refractivity contribution < 1.29 is 0 Å². The van der Waals surface area contributed by atoms with Crippen LogP contribution in [0.2, 0.25) is 18.1 Å². The number of rotatable bonds is 2. The molecule has 0 radical (unpaired) electrons. The zero-order chi connectivity index (χ0) is 12.4. The predicted molar refractivity (Wildman–Crippen MR) is 77.4 cm³/mol. The molecule has 88 valence electrons. The third kappa shape index (κ3) is 3.34. The molecule has 0 atom stereocenters. The molecule has 1 heteroatoms. The molecule has 1 aromatic carbocycles. The van der Waals surface area contributed by atoms with E-state index in [2.05, 4.69) is 76.8 Å². The van der Waals surface area contributed by atoms with Gasteiger partial charge in [-0.2, -0.15) is 0 Å². The van der Waals surface area contributed by atoms with E-state index in [1.165, 1.54) is 11.1 Å². The molecule has 0 aromatic heterocycles. The first-order valence-corrected chi connectivity index (χ1v) is 9.06. The fourth-order valence-electron chi connectivity index (χ4n) is 1.23. The highest BCUT2D eigenvalue weighted by Gasteiger charge is 2.32. The van der Waals surface area contributed by atoms with Crippen LogP contribution in [-0.4, -0.2) is 8.07 Å². The van der Waals surface area contributed by atoms with Gasteiger partial charge < -0.3 is 0 Å². The van der Waals surface area contributed by atoms with Crippen molar-refractivity contribution in [3.8, 4) is 0 Å². The van der Waals surface area contributed by atoms with E-state index in [0.29, 0.717) is 5.04 Å². The summed E-state index contributed by atoms with van der Waals surface area (Å²) < 4.78 is 0. The molecule has 0 aliphatic carbocycles. The van der Waals surface area contributed by atoms with Gasteiger partial charge in [-0.05, 0) is 17.5 Å². The third-order valence-electron chi connectivity index (χ3n) is 3.70. The van der Waals surface area contributed by atoms with Gasteiger partial charge in [0.15, 0.2) is 0 Å². The molecule has 0 N–H and O–H groups in total. The highest BCUT2D eigenvalue weighted by atomic mass is 28.3. The summed E-state index contributed by atoms with van der Waals surface area (Å²) in [6.07, 6.45) is 2.29. The predicted octanol–water partition coefficient (Wildman–Crippen LogP) is 5.06. The standard InChI is InChI=1S/C15H24Si/c1-13-7-9-14(10-8-13)11-12-16(5,6)15(2,3)4/h7-12H,1-6H3/b12-11+. The van der Waals surface area contributed by atoms with Crippen LogP contribution in [0.1, 0.15) is 31.9 Å². The Morgan fingerprint density at radius 2 is 1.50 bits per heavy atom. The molecule has 0 aliphatic heterocycles. The van der Waals surface area contributed by atoms with E-state index in [1.54, 1.807) is 0 Å². The van der Waals surface area contributed by atoms with Gasteiger partial charge in [-0.15, -0.1) is 0 Å². The van der Waals surface area contributed by atoms with Gasteiger partial charge in [0.25, 0.3) is 0 Å². The molecular formula is C15H24Si. The second kappa shape index (κ2) is 4.58. The number of benzene rings is 1. The first-order chi connectivity index (χ1) is 7.22. The first-order valence-electron chi connectivity index (χ1n) is 5.98. The highest BCUT2D eigenvalue weighted by molar-refractivity contribution is 6.85. The summed E-state index contributed by atoms with van der Waals surface area (Å²) in [7, 11) is -1.28. The Morgan fingerprint density at radius 1 is 1.00 bits per heavy atom. The molecule has 0 heterocycles. The van der Waals surface area contributed by atoms with Gasteiger partial charge in [0.1, 0.15) is 0 Å². The summed E-state index contributed by atoms with van der Waals surface area (Å²) in [5.41, 5.74) is 5.09. The van der Waals surface area contributed by atoms with Gasteiger partial charge in [-0.1, -0.05) is 75.5 Å². The molecule has 1 aromatic rings. The second-order valence-corrected chi connectivity index (χ2v) is 11.5. The Labute approximate surface area is 101 Å². The van der Waals surface area contributed by atoms with Crippen molar-refractivity contribution in [3.05, 3.63) is 41.1 Å². The molecule has 16 heavy (non-hydrogen) atoms. The molecule has 1 rings (SSSR count). The summed E-state index contributed by atoms with van der Waals surface area (Å²) >= 11 is 0. The Balaban J connectivity index is 2.85. The Hall–Kier alpha value is -0.823. The quantitative estimate of drug-likeness (QED) is 0.626. The SMILES string of the molecule is Cc1ccc(/C=C/[Si](C)(C)C(C)(C)C)cc1. The topological polar surface area (TPSA) is 0 Å². The molecular weight excluding hydrogens is 208 g/mol. The van der Waals surface area contributed by atoms with Crippen molar-refractivity contribution >= 4 is 14.1 Å². The zero-order valence-corrected chi connectivity index (χ0v) is 12.5. The molecule has 0 nitrogen and oxygen atoms in total. The third-order valence-corrected chi connectivity index (χ3v) is 8.57. The van der Waals surface area contributed by atoms with Crippen LogP contribution in [0.25, 0.3) is 6.08 Å². The largest absolute Gasteiger partial charge is 0.0936 e. The Morgan fingerprint density at radius 3 is 1.94 bits per heavy atom. The summed E-state index contributed by atoms with van der Waals surface area (Å²) in [6, 6.07) is 8.73. The Kier molecular flexibility index (Phi) is 3.79. The average molecular weight is 232 g/mol. The smallest absolute Gasteiger partial charge is 0.0770 e. The van der Waals surface area contributed by atoms with Crippen LogP contribution in [0, 0.1) is 6.92 Å². The van der Waals surface area contributed by atoms with E-state index < -0.39 is 8.07 Å². The number of aryl methyl sites for hydroxylation is 1. The summed E-state index contributed by atoms with van der Waals surface area (Å²) in [5, 5.41) is 0.425. The lowest BCUT2D eigenvalue weighted by Gasteiger charge is -2.34. The zero-order valence-electron chi connectivity index (χ0n) is 11.5. The normalized spacial score (nSPS) is 13.4. The van der Waals surface area contributed by atoms with Crippen LogP contribution in [-0.2, 0) is 0 Å². The maximum Gasteiger partial charge on any atom is 0.0770 e. The lowest BCUT2D eigenvalue weighted by atomic mass is 10.1. The van der Waals surface area contributed by atoms with Gasteiger partial charge in [-0.3, -0.25) is 0 Å². The monoisotopic (exact) mass is 232 g/mol. The van der Waals surface area contributed by atoms with E-state index in [1.807, 2.05) is 0 Å². The lowest BCUT2D eigenvalue weighted by Crippen LogP contribution is -2.34. The summed E-state index contributed by atoms with van der Waals surface area (Å²) in [5.74, 6) is 0. The molecule has 0 bridgehead atoms. The van der Waals surface area contributed by atoms with E-state index in [0.717, 1.165) is 0 Å². The highest BCUT2D eigenvalue weighted by Crippen LogP contribution is 2.36. The molecule has 0 fully saturated rings. The van der Waals surface area contributed by atoms with Crippen LogP contribution in [0.15, 0.2) is 30.0 Å². The van der Waals surface area contributed by atoms with Crippen molar-refractivity contribution in [1.29, 1.82) is 0 Å². The first kappa shape index (κ1) is 13.2. The molecule has 0 unspecified atom stereocenters. The van der Waals surface area contributed by atoms with Crippen LogP contribution in [0.3, 0.4) is 0 Å². The van der Waals surface area contributed by atoms with E-state index in [4.69, 9.17) is 0 Å². The molecule has 0 spiro atoms. The van der Waals surface area contributed by atoms with Crippen LogP contribution >= 0.6 is 0 Å². The van der Waals surface area contributed by atoms with Crippen molar-refractivity contribution in [2.24, 2.45) is 0 Å². The van der Waals surface area contributed by atoms with Gasteiger partial charge in [0, 0.05) is 0 Å². The fraction of sp³-hybridized carbons (Fsp3) is 0.467. The van der Waals surface area contributed by atoms with Crippen molar-refractivity contribution in [1.82, 2.24) is 0 Å². The van der Waals surface area contributed by atoms with Crippen molar-refractivity contribution in [2.75, 3.05) is 0 Å². The maximum absolute atomic E-state index is 2.46. The minimum Gasteiger partial charge on any atom is -0.0936 e. The molecule has 0 saturated carbocycles. The van der Waals surface area contributed by atoms with E-state index in [-0.39, 0.29) is 0 Å². The minimum absolute atomic E-state index is 0.425. The fourth-order valence-corrected chi connectivity index (χ4v) is 2.34. The maximum atomic E-state index is 2.46. The van der Waals surface area contributed by atoms with Crippen LogP contribution < -0.4 is 0 Å². The van der Waals surface area contributed by atoms with Gasteiger partial charge in [0.05, 0.1) is 8.07 Å². The second-order valence-electron chi connectivity index (χ2n) is 6.22. The van der Waals surface area contributed by atoms with Crippen LogP contribution in [0.4, 0.5) is 0 Å². The molecule has 0 amide bonds. The van der Waals surface area contributed by atoms with E-state index in [9.17, 15) is 0 Å². The lowest BCUT2D eigenvalue weighted by molar-refractivity contribution is 0.729. The number of hydrogen-bond acceptors (Lipinski definition) is 0.